The van der Waals surface area contributed by atoms with Gasteiger partial charge in [-0.1, -0.05) is 48.5 Å². The second kappa shape index (κ2) is 11.1. The summed E-state index contributed by atoms with van der Waals surface area (Å²) in [5, 5.41) is 5.55. The van der Waals surface area contributed by atoms with Gasteiger partial charge in [0.1, 0.15) is 18.0 Å². The fourth-order valence-corrected chi connectivity index (χ4v) is 2.56. The maximum Gasteiger partial charge on any atom is 0.407 e. The van der Waals surface area contributed by atoms with E-state index in [1.165, 1.54) is 0 Å². The molecule has 0 aromatic heterocycles. The predicted octanol–water partition coefficient (Wildman–Crippen LogP) is 4.19. The standard InChI is InChI=1S/C23H30N2O4/c1-23(2,3)29-22(27)24-15-9-14-21(26)25-16-19-12-7-8-13-20(19)28-17-18-10-5-4-6-11-18/h4-8,10-13H,9,14-17H2,1-3H3,(H,24,27)(H,25,26). The molecule has 6 nitrogen and oxygen atoms in total. The molecule has 2 amide bonds. The number of benzene rings is 2. The van der Waals surface area contributed by atoms with Crippen molar-refractivity contribution in [3.8, 4) is 5.75 Å². The van der Waals surface area contributed by atoms with Gasteiger partial charge in [0, 0.05) is 25.1 Å². The molecule has 0 aliphatic carbocycles. The van der Waals surface area contributed by atoms with Crippen LogP contribution in [0, 0.1) is 0 Å². The second-order valence-corrected chi connectivity index (χ2v) is 7.69. The quantitative estimate of drug-likeness (QED) is 0.621. The van der Waals surface area contributed by atoms with Crippen LogP contribution in [0.1, 0.15) is 44.7 Å². The number of para-hydroxylation sites is 1. The zero-order valence-corrected chi connectivity index (χ0v) is 17.4. The average Bonchev–Trinajstić information content (AvgIpc) is 2.68. The minimum absolute atomic E-state index is 0.0751. The van der Waals surface area contributed by atoms with Crippen molar-refractivity contribution < 1.29 is 19.1 Å². The number of carbonyl (C=O) groups is 2. The predicted molar refractivity (Wildman–Crippen MR) is 113 cm³/mol. The summed E-state index contributed by atoms with van der Waals surface area (Å²) < 4.78 is 11.1. The normalized spacial score (nSPS) is 10.9. The minimum atomic E-state index is -0.530. The molecule has 0 radical (unpaired) electrons. The van der Waals surface area contributed by atoms with E-state index >= 15 is 0 Å². The van der Waals surface area contributed by atoms with Crippen molar-refractivity contribution in [2.45, 2.75) is 52.4 Å². The molecule has 0 fully saturated rings. The van der Waals surface area contributed by atoms with E-state index in [1.54, 1.807) is 20.8 Å². The number of hydrogen-bond donors (Lipinski definition) is 2. The molecular weight excluding hydrogens is 368 g/mol. The summed E-state index contributed by atoms with van der Waals surface area (Å²) in [6.45, 7) is 6.68. The zero-order valence-electron chi connectivity index (χ0n) is 17.4. The van der Waals surface area contributed by atoms with Gasteiger partial charge in [0.15, 0.2) is 0 Å². The van der Waals surface area contributed by atoms with Crippen LogP contribution < -0.4 is 15.4 Å². The molecule has 156 valence electrons. The summed E-state index contributed by atoms with van der Waals surface area (Å²) in [6, 6.07) is 17.6. The maximum absolute atomic E-state index is 12.1. The van der Waals surface area contributed by atoms with E-state index in [9.17, 15) is 9.59 Å². The van der Waals surface area contributed by atoms with Crippen LogP contribution in [-0.2, 0) is 22.7 Å². The number of rotatable bonds is 9. The van der Waals surface area contributed by atoms with E-state index in [2.05, 4.69) is 10.6 Å². The molecule has 0 bridgehead atoms. The fourth-order valence-electron chi connectivity index (χ4n) is 2.56. The molecule has 0 aliphatic heterocycles. The number of nitrogens with one attached hydrogen (secondary N) is 2. The highest BCUT2D eigenvalue weighted by molar-refractivity contribution is 5.76. The average molecular weight is 399 g/mol. The van der Waals surface area contributed by atoms with Gasteiger partial charge < -0.3 is 20.1 Å². The Bertz CT molecular complexity index is 785. The highest BCUT2D eigenvalue weighted by atomic mass is 16.6. The van der Waals surface area contributed by atoms with Gasteiger partial charge in [-0.3, -0.25) is 4.79 Å². The van der Waals surface area contributed by atoms with Crippen molar-refractivity contribution in [3.05, 3.63) is 65.7 Å². The van der Waals surface area contributed by atoms with Gasteiger partial charge in [-0.15, -0.1) is 0 Å². The lowest BCUT2D eigenvalue weighted by atomic mass is 10.2. The molecule has 29 heavy (non-hydrogen) atoms. The van der Waals surface area contributed by atoms with E-state index < -0.39 is 11.7 Å². The van der Waals surface area contributed by atoms with Crippen molar-refractivity contribution in [1.82, 2.24) is 10.6 Å². The lowest BCUT2D eigenvalue weighted by Crippen LogP contribution is -2.33. The molecule has 2 N–H and O–H groups in total. The van der Waals surface area contributed by atoms with Gasteiger partial charge >= 0.3 is 6.09 Å². The number of alkyl carbamates (subject to hydrolysis) is 1. The van der Waals surface area contributed by atoms with Crippen LogP contribution in [0.25, 0.3) is 0 Å². The lowest BCUT2D eigenvalue weighted by Gasteiger charge is -2.19. The van der Waals surface area contributed by atoms with Crippen molar-refractivity contribution in [3.63, 3.8) is 0 Å². The van der Waals surface area contributed by atoms with Gasteiger partial charge in [0.25, 0.3) is 0 Å². The first-order chi connectivity index (χ1) is 13.8. The molecule has 2 rings (SSSR count). The smallest absolute Gasteiger partial charge is 0.407 e. The molecule has 0 aliphatic rings. The Hall–Kier alpha value is -3.02. The molecule has 0 unspecified atom stereocenters. The van der Waals surface area contributed by atoms with Crippen LogP contribution in [-0.4, -0.2) is 24.1 Å². The Kier molecular flexibility index (Phi) is 8.52. The Morgan fingerprint density at radius 2 is 1.62 bits per heavy atom. The van der Waals surface area contributed by atoms with Crippen LogP contribution in [0.5, 0.6) is 5.75 Å². The van der Waals surface area contributed by atoms with Crippen LogP contribution in [0.15, 0.2) is 54.6 Å². The van der Waals surface area contributed by atoms with Gasteiger partial charge in [-0.2, -0.15) is 0 Å². The minimum Gasteiger partial charge on any atom is -0.489 e. The van der Waals surface area contributed by atoms with E-state index in [-0.39, 0.29) is 5.91 Å². The Balaban J connectivity index is 1.71. The van der Waals surface area contributed by atoms with Gasteiger partial charge in [-0.05, 0) is 38.8 Å². The van der Waals surface area contributed by atoms with Crippen molar-refractivity contribution in [1.29, 1.82) is 0 Å². The third-order valence-electron chi connectivity index (χ3n) is 3.93. The third-order valence-corrected chi connectivity index (χ3v) is 3.93. The Morgan fingerprint density at radius 1 is 0.931 bits per heavy atom. The first kappa shape index (κ1) is 22.3. The fraction of sp³-hybridized carbons (Fsp3) is 0.391. The summed E-state index contributed by atoms with van der Waals surface area (Å²) >= 11 is 0. The number of hydrogen-bond acceptors (Lipinski definition) is 4. The molecule has 6 heteroatoms. The first-order valence-corrected chi connectivity index (χ1v) is 9.82. The molecule has 0 heterocycles. The number of carbonyl (C=O) groups excluding carboxylic acids is 2. The molecular formula is C23H30N2O4. The highest BCUT2D eigenvalue weighted by Crippen LogP contribution is 2.19. The molecule has 0 spiro atoms. The van der Waals surface area contributed by atoms with Gasteiger partial charge in [-0.25, -0.2) is 4.79 Å². The number of amides is 2. The molecule has 2 aromatic rings. The summed E-state index contributed by atoms with van der Waals surface area (Å²) in [5.41, 5.74) is 1.48. The topological polar surface area (TPSA) is 76.7 Å². The van der Waals surface area contributed by atoms with E-state index in [0.29, 0.717) is 32.5 Å². The maximum atomic E-state index is 12.1. The molecule has 0 saturated carbocycles. The van der Waals surface area contributed by atoms with Crippen LogP contribution in [0.4, 0.5) is 4.79 Å². The Labute approximate surface area is 172 Å². The van der Waals surface area contributed by atoms with Crippen molar-refractivity contribution in [2.75, 3.05) is 6.54 Å². The van der Waals surface area contributed by atoms with E-state index in [4.69, 9.17) is 9.47 Å². The summed E-state index contributed by atoms with van der Waals surface area (Å²) in [5.74, 6) is 0.678. The first-order valence-electron chi connectivity index (χ1n) is 9.82. The second-order valence-electron chi connectivity index (χ2n) is 7.69. The van der Waals surface area contributed by atoms with Crippen LogP contribution >= 0.6 is 0 Å². The van der Waals surface area contributed by atoms with Crippen molar-refractivity contribution >= 4 is 12.0 Å². The summed E-state index contributed by atoms with van der Waals surface area (Å²) in [7, 11) is 0. The SMILES string of the molecule is CC(C)(C)OC(=O)NCCCC(=O)NCc1ccccc1OCc1ccccc1. The molecule has 2 aromatic carbocycles. The summed E-state index contributed by atoms with van der Waals surface area (Å²) in [4.78, 5) is 23.7. The van der Waals surface area contributed by atoms with Crippen molar-refractivity contribution in [2.24, 2.45) is 0 Å². The number of ether oxygens (including phenoxy) is 2. The Morgan fingerprint density at radius 3 is 2.34 bits per heavy atom. The zero-order chi connectivity index (χ0) is 21.1. The molecule has 0 saturated heterocycles. The third kappa shape index (κ3) is 9.14. The van der Waals surface area contributed by atoms with E-state index in [0.717, 1.165) is 16.9 Å². The van der Waals surface area contributed by atoms with Gasteiger partial charge in [0.05, 0.1) is 0 Å². The highest BCUT2D eigenvalue weighted by Gasteiger charge is 2.15. The molecule has 0 atom stereocenters. The summed E-state index contributed by atoms with van der Waals surface area (Å²) in [6.07, 6.45) is 0.391. The van der Waals surface area contributed by atoms with Gasteiger partial charge in [0.2, 0.25) is 5.91 Å². The lowest BCUT2D eigenvalue weighted by molar-refractivity contribution is -0.121. The van der Waals surface area contributed by atoms with E-state index in [1.807, 2.05) is 54.6 Å². The largest absolute Gasteiger partial charge is 0.489 e. The van der Waals surface area contributed by atoms with Crippen LogP contribution in [0.2, 0.25) is 0 Å². The van der Waals surface area contributed by atoms with Crippen LogP contribution in [0.3, 0.4) is 0 Å². The monoisotopic (exact) mass is 398 g/mol.